The molecule has 2 rings (SSSR count). The summed E-state index contributed by atoms with van der Waals surface area (Å²) < 4.78 is 28.8. The van der Waals surface area contributed by atoms with Gasteiger partial charge in [0.05, 0.1) is 11.9 Å². The van der Waals surface area contributed by atoms with Crippen molar-refractivity contribution in [3.05, 3.63) is 41.7 Å². The second kappa shape index (κ2) is 5.68. The molecule has 1 amide bonds. The molecule has 1 heterocycles. The summed E-state index contributed by atoms with van der Waals surface area (Å²) in [5.74, 6) is -2.23. The first-order valence-electron chi connectivity index (χ1n) is 6.05. The van der Waals surface area contributed by atoms with Crippen LogP contribution in [0.3, 0.4) is 0 Å². The van der Waals surface area contributed by atoms with Gasteiger partial charge in [-0.15, -0.1) is 0 Å². The van der Waals surface area contributed by atoms with E-state index in [9.17, 15) is 13.6 Å². The normalized spacial score (nSPS) is 10.4. The highest BCUT2D eigenvalue weighted by atomic mass is 19.1. The number of nitrogens with zero attached hydrogens (tertiary/aromatic N) is 2. The third-order valence-electron chi connectivity index (χ3n) is 2.77. The van der Waals surface area contributed by atoms with E-state index in [0.29, 0.717) is 12.2 Å². The molecule has 1 aromatic carbocycles. The number of hydrogen-bond acceptors (Lipinski definition) is 3. The molecule has 0 spiro atoms. The van der Waals surface area contributed by atoms with Crippen molar-refractivity contribution in [3.8, 4) is 0 Å². The number of halogens is 2. The van der Waals surface area contributed by atoms with Gasteiger partial charge in [0, 0.05) is 25.4 Å². The van der Waals surface area contributed by atoms with Crippen LogP contribution < -0.4 is 10.6 Å². The smallest absolute Gasteiger partial charge is 0.255 e. The van der Waals surface area contributed by atoms with Crippen molar-refractivity contribution in [2.24, 2.45) is 0 Å². The SMILES string of the molecule is CCn1cc(NC(=O)c2cc(F)c(NC)c(F)c2)cn1. The summed E-state index contributed by atoms with van der Waals surface area (Å²) in [4.78, 5) is 11.9. The number of aromatic nitrogens is 2. The van der Waals surface area contributed by atoms with Crippen LogP contribution in [-0.4, -0.2) is 22.7 Å². The molecule has 0 radical (unpaired) electrons. The van der Waals surface area contributed by atoms with Crippen molar-refractivity contribution >= 4 is 17.3 Å². The minimum atomic E-state index is -0.818. The standard InChI is InChI=1S/C13H14F2N4O/c1-3-19-7-9(6-17-19)18-13(20)8-4-10(14)12(16-2)11(15)5-8/h4-7,16H,3H2,1-2H3,(H,18,20). The Bertz CT molecular complexity index is 616. The zero-order chi connectivity index (χ0) is 14.7. The van der Waals surface area contributed by atoms with E-state index < -0.39 is 17.5 Å². The molecule has 5 nitrogen and oxygen atoms in total. The van der Waals surface area contributed by atoms with Crippen LogP contribution in [0, 0.1) is 11.6 Å². The largest absolute Gasteiger partial charge is 0.383 e. The van der Waals surface area contributed by atoms with E-state index >= 15 is 0 Å². The van der Waals surface area contributed by atoms with E-state index in [1.807, 2.05) is 6.92 Å². The van der Waals surface area contributed by atoms with Crippen molar-refractivity contribution in [2.45, 2.75) is 13.5 Å². The lowest BCUT2D eigenvalue weighted by molar-refractivity contribution is 0.102. The fraction of sp³-hybridized carbons (Fsp3) is 0.231. The fourth-order valence-corrected chi connectivity index (χ4v) is 1.75. The van der Waals surface area contributed by atoms with Crippen LogP contribution in [0.2, 0.25) is 0 Å². The Hall–Kier alpha value is -2.44. The Balaban J connectivity index is 2.21. The third kappa shape index (κ3) is 2.76. The van der Waals surface area contributed by atoms with Crippen LogP contribution >= 0.6 is 0 Å². The van der Waals surface area contributed by atoms with E-state index in [2.05, 4.69) is 15.7 Å². The van der Waals surface area contributed by atoms with Crippen LogP contribution in [-0.2, 0) is 6.54 Å². The molecular formula is C13H14F2N4O. The molecule has 0 aliphatic heterocycles. The van der Waals surface area contributed by atoms with Crippen molar-refractivity contribution in [1.29, 1.82) is 0 Å². The summed E-state index contributed by atoms with van der Waals surface area (Å²) in [5, 5.41) is 8.91. The van der Waals surface area contributed by atoms with Gasteiger partial charge in [-0.05, 0) is 19.1 Å². The Morgan fingerprint density at radius 2 is 2.00 bits per heavy atom. The number of carbonyl (C=O) groups excluding carboxylic acids is 1. The topological polar surface area (TPSA) is 59.0 Å². The van der Waals surface area contributed by atoms with E-state index in [1.165, 1.54) is 13.2 Å². The molecule has 20 heavy (non-hydrogen) atoms. The second-order valence-corrected chi connectivity index (χ2v) is 4.10. The summed E-state index contributed by atoms with van der Waals surface area (Å²) in [5.41, 5.74) is 0.110. The van der Waals surface area contributed by atoms with E-state index in [-0.39, 0.29) is 11.3 Å². The van der Waals surface area contributed by atoms with Gasteiger partial charge in [0.15, 0.2) is 0 Å². The first-order chi connectivity index (χ1) is 9.55. The number of carbonyl (C=O) groups is 1. The van der Waals surface area contributed by atoms with E-state index in [1.54, 1.807) is 10.9 Å². The van der Waals surface area contributed by atoms with Crippen molar-refractivity contribution in [2.75, 3.05) is 17.7 Å². The lowest BCUT2D eigenvalue weighted by Gasteiger charge is -2.07. The lowest BCUT2D eigenvalue weighted by atomic mass is 10.1. The molecule has 0 saturated carbocycles. The van der Waals surface area contributed by atoms with Crippen molar-refractivity contribution in [3.63, 3.8) is 0 Å². The number of benzene rings is 1. The maximum Gasteiger partial charge on any atom is 0.255 e. The highest BCUT2D eigenvalue weighted by Gasteiger charge is 2.14. The molecule has 0 aliphatic rings. The van der Waals surface area contributed by atoms with Crippen LogP contribution in [0.1, 0.15) is 17.3 Å². The number of aryl methyl sites for hydroxylation is 1. The predicted molar refractivity (Wildman–Crippen MR) is 71.8 cm³/mol. The van der Waals surface area contributed by atoms with E-state index in [0.717, 1.165) is 12.1 Å². The average Bonchev–Trinajstić information content (AvgIpc) is 2.86. The van der Waals surface area contributed by atoms with Gasteiger partial charge < -0.3 is 10.6 Å². The van der Waals surface area contributed by atoms with E-state index in [4.69, 9.17) is 0 Å². The number of amides is 1. The van der Waals surface area contributed by atoms with Gasteiger partial charge in [-0.2, -0.15) is 5.10 Å². The number of anilines is 2. The predicted octanol–water partition coefficient (Wildman–Crippen LogP) is 2.48. The molecule has 1 aromatic heterocycles. The summed E-state index contributed by atoms with van der Waals surface area (Å²) in [7, 11) is 1.40. The zero-order valence-electron chi connectivity index (χ0n) is 11.1. The van der Waals surface area contributed by atoms with Crippen molar-refractivity contribution in [1.82, 2.24) is 9.78 Å². The summed E-state index contributed by atoms with van der Waals surface area (Å²) >= 11 is 0. The number of rotatable bonds is 4. The summed E-state index contributed by atoms with van der Waals surface area (Å²) in [6.07, 6.45) is 3.10. The summed E-state index contributed by atoms with van der Waals surface area (Å²) in [6.45, 7) is 2.57. The maximum absolute atomic E-state index is 13.6. The van der Waals surface area contributed by atoms with Gasteiger partial charge >= 0.3 is 0 Å². The molecule has 2 aromatic rings. The quantitative estimate of drug-likeness (QED) is 0.904. The average molecular weight is 280 g/mol. The Morgan fingerprint density at radius 3 is 2.50 bits per heavy atom. The molecule has 0 saturated heterocycles. The highest BCUT2D eigenvalue weighted by Crippen LogP contribution is 2.20. The number of nitrogens with one attached hydrogen (secondary N) is 2. The zero-order valence-corrected chi connectivity index (χ0v) is 11.1. The Morgan fingerprint density at radius 1 is 1.35 bits per heavy atom. The van der Waals surface area contributed by atoms with Crippen LogP contribution in [0.4, 0.5) is 20.2 Å². The Kier molecular flexibility index (Phi) is 3.97. The Labute approximate surface area is 114 Å². The van der Waals surface area contributed by atoms with Gasteiger partial charge in [0.2, 0.25) is 0 Å². The molecule has 2 N–H and O–H groups in total. The van der Waals surface area contributed by atoms with Crippen LogP contribution in [0.15, 0.2) is 24.5 Å². The molecule has 0 atom stereocenters. The molecule has 0 fully saturated rings. The van der Waals surface area contributed by atoms with Gasteiger partial charge in [-0.25, -0.2) is 8.78 Å². The molecule has 106 valence electrons. The molecule has 0 bridgehead atoms. The number of hydrogen-bond donors (Lipinski definition) is 2. The first kappa shape index (κ1) is 14.0. The van der Waals surface area contributed by atoms with Crippen molar-refractivity contribution < 1.29 is 13.6 Å². The van der Waals surface area contributed by atoms with Gasteiger partial charge in [-0.1, -0.05) is 0 Å². The second-order valence-electron chi connectivity index (χ2n) is 4.10. The van der Waals surface area contributed by atoms with Gasteiger partial charge in [0.25, 0.3) is 5.91 Å². The first-order valence-corrected chi connectivity index (χ1v) is 6.05. The third-order valence-corrected chi connectivity index (χ3v) is 2.77. The molecule has 0 unspecified atom stereocenters. The lowest BCUT2D eigenvalue weighted by Crippen LogP contribution is -2.13. The highest BCUT2D eigenvalue weighted by molar-refractivity contribution is 6.04. The molecular weight excluding hydrogens is 266 g/mol. The molecule has 0 aliphatic carbocycles. The summed E-state index contributed by atoms with van der Waals surface area (Å²) in [6, 6.07) is 1.96. The maximum atomic E-state index is 13.6. The van der Waals surface area contributed by atoms with Crippen LogP contribution in [0.5, 0.6) is 0 Å². The van der Waals surface area contributed by atoms with Gasteiger partial charge in [0.1, 0.15) is 17.3 Å². The molecule has 7 heteroatoms. The fourth-order valence-electron chi connectivity index (χ4n) is 1.75. The minimum Gasteiger partial charge on any atom is -0.383 e. The minimum absolute atomic E-state index is 0.0942. The van der Waals surface area contributed by atoms with Crippen LogP contribution in [0.25, 0.3) is 0 Å². The monoisotopic (exact) mass is 280 g/mol. The van der Waals surface area contributed by atoms with Gasteiger partial charge in [-0.3, -0.25) is 9.48 Å².